The van der Waals surface area contributed by atoms with Crippen molar-refractivity contribution < 1.29 is 23.1 Å². The van der Waals surface area contributed by atoms with Crippen LogP contribution in [0.1, 0.15) is 31.2 Å². The number of carboxylic acids is 1. The molecule has 2 rings (SSSR count). The quantitative estimate of drug-likeness (QED) is 0.873. The van der Waals surface area contributed by atoms with Crippen molar-refractivity contribution in [1.29, 1.82) is 0 Å². The van der Waals surface area contributed by atoms with Gasteiger partial charge in [0.05, 0.1) is 17.0 Å². The summed E-state index contributed by atoms with van der Waals surface area (Å²) in [7, 11) is -2.13. The maximum Gasteiger partial charge on any atom is 0.314 e. The Kier molecular flexibility index (Phi) is 4.35. The fraction of sp³-hybridized carbons (Fsp3) is 0.500. The van der Waals surface area contributed by atoms with E-state index in [4.69, 9.17) is 4.74 Å². The molecule has 1 aliphatic carbocycles. The Morgan fingerprint density at radius 1 is 1.33 bits per heavy atom. The van der Waals surface area contributed by atoms with Crippen LogP contribution < -0.4 is 4.74 Å². The Hall–Kier alpha value is -1.08. The van der Waals surface area contributed by atoms with Gasteiger partial charge in [-0.1, -0.05) is 12.8 Å². The van der Waals surface area contributed by atoms with Crippen molar-refractivity contribution in [1.82, 2.24) is 0 Å². The van der Waals surface area contributed by atoms with E-state index in [0.717, 1.165) is 19.1 Å². The lowest BCUT2D eigenvalue weighted by molar-refractivity contribution is -0.143. The van der Waals surface area contributed by atoms with Crippen molar-refractivity contribution in [3.05, 3.63) is 22.2 Å². The van der Waals surface area contributed by atoms with Gasteiger partial charge >= 0.3 is 5.97 Å². The summed E-state index contributed by atoms with van der Waals surface area (Å²) in [5.41, 5.74) is -0.491. The number of rotatable bonds is 4. The van der Waals surface area contributed by atoms with Gasteiger partial charge in [0.25, 0.3) is 0 Å². The van der Waals surface area contributed by atoms with Crippen LogP contribution in [0.25, 0.3) is 0 Å². The molecule has 1 aromatic rings. The van der Waals surface area contributed by atoms with Crippen molar-refractivity contribution >= 4 is 31.7 Å². The number of hydrogen-bond donors (Lipinski definition) is 1. The minimum Gasteiger partial charge on any atom is -0.494 e. The van der Waals surface area contributed by atoms with Crippen LogP contribution in [0, 0.1) is 0 Å². The molecule has 1 N–H and O–H groups in total. The van der Waals surface area contributed by atoms with E-state index in [1.807, 2.05) is 0 Å². The maximum absolute atomic E-state index is 12.0. The average molecular weight is 377 g/mol. The van der Waals surface area contributed by atoms with Crippen molar-refractivity contribution in [2.45, 2.75) is 36.0 Å². The lowest BCUT2D eigenvalue weighted by Gasteiger charge is -2.26. The van der Waals surface area contributed by atoms with E-state index >= 15 is 0 Å². The number of ether oxygens (including phenoxy) is 1. The summed E-state index contributed by atoms with van der Waals surface area (Å²) in [6.45, 7) is 0. The van der Waals surface area contributed by atoms with Crippen LogP contribution in [0.15, 0.2) is 21.5 Å². The van der Waals surface area contributed by atoms with Crippen molar-refractivity contribution in [3.63, 3.8) is 0 Å². The molecule has 0 atom stereocenters. The highest BCUT2D eigenvalue weighted by Gasteiger charge is 2.43. The molecule has 1 fully saturated rings. The fourth-order valence-electron chi connectivity index (χ4n) is 2.92. The first-order valence-corrected chi connectivity index (χ1v) is 9.22. The van der Waals surface area contributed by atoms with Gasteiger partial charge in [-0.15, -0.1) is 0 Å². The van der Waals surface area contributed by atoms with Crippen LogP contribution in [0.3, 0.4) is 0 Å². The first kappa shape index (κ1) is 16.3. The molecule has 116 valence electrons. The molecule has 0 amide bonds. The smallest absolute Gasteiger partial charge is 0.314 e. The van der Waals surface area contributed by atoms with Gasteiger partial charge in [-0.05, 0) is 46.5 Å². The molecule has 21 heavy (non-hydrogen) atoms. The van der Waals surface area contributed by atoms with Crippen LogP contribution in [0.2, 0.25) is 0 Å². The third-order valence-electron chi connectivity index (χ3n) is 4.03. The standard InChI is InChI=1S/C14H17BrO5S/c1-20-12-10(15)7-9(8-11(12)21(2,18)19)14(13(16)17)5-3-4-6-14/h7-8H,3-6H2,1-2H3,(H,16,17). The summed E-state index contributed by atoms with van der Waals surface area (Å²) in [5.74, 6) is -0.698. The van der Waals surface area contributed by atoms with Gasteiger partial charge in [-0.2, -0.15) is 0 Å². The normalized spacial score (nSPS) is 17.7. The minimum atomic E-state index is -3.52. The Morgan fingerprint density at radius 3 is 2.33 bits per heavy atom. The lowest BCUT2D eigenvalue weighted by atomic mass is 9.79. The van der Waals surface area contributed by atoms with E-state index in [-0.39, 0.29) is 10.6 Å². The van der Waals surface area contributed by atoms with Crippen LogP contribution in [-0.2, 0) is 20.0 Å². The van der Waals surface area contributed by atoms with Crippen LogP contribution in [0.4, 0.5) is 0 Å². The van der Waals surface area contributed by atoms with E-state index in [2.05, 4.69) is 15.9 Å². The lowest BCUT2D eigenvalue weighted by Crippen LogP contribution is -2.32. The number of hydrogen-bond acceptors (Lipinski definition) is 4. The Balaban J connectivity index is 2.72. The summed E-state index contributed by atoms with van der Waals surface area (Å²) in [4.78, 5) is 11.8. The number of aliphatic carboxylic acids is 1. The van der Waals surface area contributed by atoms with Crippen molar-refractivity contribution in [2.75, 3.05) is 13.4 Å². The number of carbonyl (C=O) groups is 1. The van der Waals surface area contributed by atoms with Gasteiger partial charge in [0.2, 0.25) is 0 Å². The Labute approximate surface area is 132 Å². The Bertz CT molecular complexity index is 675. The van der Waals surface area contributed by atoms with E-state index in [9.17, 15) is 18.3 Å². The fourth-order valence-corrected chi connectivity index (χ4v) is 4.55. The topological polar surface area (TPSA) is 80.7 Å². The third-order valence-corrected chi connectivity index (χ3v) is 5.72. The SMILES string of the molecule is COc1c(Br)cc(C2(C(=O)O)CCCC2)cc1S(C)(=O)=O. The zero-order chi connectivity index (χ0) is 15.8. The average Bonchev–Trinajstić information content (AvgIpc) is 2.87. The second-order valence-corrected chi connectivity index (χ2v) is 8.19. The molecule has 0 spiro atoms. The highest BCUT2D eigenvalue weighted by molar-refractivity contribution is 9.10. The molecule has 5 nitrogen and oxygen atoms in total. The largest absolute Gasteiger partial charge is 0.494 e. The molecule has 7 heteroatoms. The Morgan fingerprint density at radius 2 is 1.90 bits per heavy atom. The van der Waals surface area contributed by atoms with Crippen molar-refractivity contribution in [3.8, 4) is 5.75 Å². The zero-order valence-corrected chi connectivity index (χ0v) is 14.3. The molecule has 0 unspecified atom stereocenters. The molecule has 0 saturated heterocycles. The number of benzene rings is 1. The number of methoxy groups -OCH3 is 1. The van der Waals surface area contributed by atoms with Crippen LogP contribution >= 0.6 is 15.9 Å². The monoisotopic (exact) mass is 376 g/mol. The van der Waals surface area contributed by atoms with Gasteiger partial charge < -0.3 is 9.84 Å². The van der Waals surface area contributed by atoms with E-state index in [1.54, 1.807) is 6.07 Å². The van der Waals surface area contributed by atoms with Gasteiger partial charge in [0.1, 0.15) is 4.90 Å². The van der Waals surface area contributed by atoms with Crippen molar-refractivity contribution in [2.24, 2.45) is 0 Å². The molecule has 0 aliphatic heterocycles. The highest BCUT2D eigenvalue weighted by Crippen LogP contribution is 2.45. The summed E-state index contributed by atoms with van der Waals surface area (Å²) >= 11 is 3.29. The molecular weight excluding hydrogens is 360 g/mol. The minimum absolute atomic E-state index is 0.0156. The van der Waals surface area contributed by atoms with Gasteiger partial charge in [0, 0.05) is 6.26 Å². The molecule has 0 heterocycles. The van der Waals surface area contributed by atoms with Crippen LogP contribution in [0.5, 0.6) is 5.75 Å². The summed E-state index contributed by atoms with van der Waals surface area (Å²) in [6, 6.07) is 3.10. The predicted octanol–water partition coefficient (Wildman–Crippen LogP) is 2.76. The van der Waals surface area contributed by atoms with Gasteiger partial charge in [0.15, 0.2) is 15.6 Å². The number of sulfone groups is 1. The molecule has 1 aliphatic rings. The molecule has 1 aromatic carbocycles. The molecular formula is C14H17BrO5S. The summed E-state index contributed by atoms with van der Waals surface area (Å²) in [6.07, 6.45) is 3.77. The summed E-state index contributed by atoms with van der Waals surface area (Å²) < 4.78 is 29.5. The first-order valence-electron chi connectivity index (χ1n) is 6.54. The first-order chi connectivity index (χ1) is 9.72. The molecule has 1 saturated carbocycles. The predicted molar refractivity (Wildman–Crippen MR) is 81.6 cm³/mol. The molecule has 0 bridgehead atoms. The number of carboxylic acid groups (broad SMARTS) is 1. The second kappa shape index (κ2) is 5.61. The van der Waals surface area contributed by atoms with E-state index in [0.29, 0.717) is 22.9 Å². The van der Waals surface area contributed by atoms with E-state index in [1.165, 1.54) is 13.2 Å². The van der Waals surface area contributed by atoms with Gasteiger partial charge in [-0.3, -0.25) is 4.79 Å². The second-order valence-electron chi connectivity index (χ2n) is 5.36. The number of halogens is 1. The molecule has 0 aromatic heterocycles. The van der Waals surface area contributed by atoms with Gasteiger partial charge in [-0.25, -0.2) is 8.42 Å². The molecule has 0 radical (unpaired) electrons. The maximum atomic E-state index is 12.0. The van der Waals surface area contributed by atoms with E-state index < -0.39 is 21.2 Å². The summed E-state index contributed by atoms with van der Waals surface area (Å²) in [5, 5.41) is 9.63. The zero-order valence-electron chi connectivity index (χ0n) is 11.8. The highest BCUT2D eigenvalue weighted by atomic mass is 79.9. The van der Waals surface area contributed by atoms with Crippen LogP contribution in [-0.4, -0.2) is 32.9 Å². The third kappa shape index (κ3) is 2.81.